The molecule has 0 bridgehead atoms. The van der Waals surface area contributed by atoms with Crippen LogP contribution in [-0.2, 0) is 0 Å². The van der Waals surface area contributed by atoms with Gasteiger partial charge in [-0.15, -0.1) is 0 Å². The van der Waals surface area contributed by atoms with E-state index < -0.39 is 0 Å². The molecule has 1 aromatic heterocycles. The van der Waals surface area contributed by atoms with Gasteiger partial charge in [0.2, 0.25) is 0 Å². The molecular weight excluding hydrogens is 240 g/mol. The van der Waals surface area contributed by atoms with E-state index in [4.69, 9.17) is 11.6 Å². The Balaban J connectivity index is 1.98. The first-order chi connectivity index (χ1) is 8.22. The first-order valence-corrected chi connectivity index (χ1v) is 6.31. The molecular formula is C11H17ClN4O. The average Bonchev–Trinajstić information content (AvgIpc) is 2.78. The van der Waals surface area contributed by atoms with Gasteiger partial charge in [-0.2, -0.15) is 5.10 Å². The van der Waals surface area contributed by atoms with E-state index in [2.05, 4.69) is 27.3 Å². The first kappa shape index (κ1) is 12.4. The van der Waals surface area contributed by atoms with Crippen molar-refractivity contribution in [2.45, 2.75) is 25.8 Å². The van der Waals surface area contributed by atoms with Crippen molar-refractivity contribution in [3.8, 4) is 0 Å². The van der Waals surface area contributed by atoms with E-state index in [1.165, 1.54) is 12.8 Å². The van der Waals surface area contributed by atoms with Gasteiger partial charge in [0.05, 0.1) is 11.9 Å². The number of nitrogens with one attached hydrogen (secondary N) is 2. The quantitative estimate of drug-likeness (QED) is 0.853. The Morgan fingerprint density at radius 3 is 3.29 bits per heavy atom. The third-order valence-corrected chi connectivity index (χ3v) is 3.60. The maximum Gasteiger partial charge on any atom is 0.285 e. The molecule has 6 heteroatoms. The summed E-state index contributed by atoms with van der Waals surface area (Å²) in [6.45, 7) is 5.19. The number of anilines is 1. The Morgan fingerprint density at radius 1 is 1.71 bits per heavy atom. The van der Waals surface area contributed by atoms with Crippen LogP contribution >= 0.6 is 11.6 Å². The Labute approximate surface area is 105 Å². The van der Waals surface area contributed by atoms with E-state index in [0.717, 1.165) is 19.6 Å². The molecule has 2 heterocycles. The number of nitrogens with zero attached hydrogens (tertiary/aromatic N) is 2. The number of hydrogen-bond donors (Lipinski definition) is 2. The fourth-order valence-electron chi connectivity index (χ4n) is 2.28. The van der Waals surface area contributed by atoms with Crippen LogP contribution < -0.4 is 10.9 Å². The van der Waals surface area contributed by atoms with Crippen LogP contribution in [-0.4, -0.2) is 40.8 Å². The van der Waals surface area contributed by atoms with Gasteiger partial charge in [-0.1, -0.05) is 18.5 Å². The molecule has 0 aliphatic carbocycles. The predicted octanol–water partition coefficient (Wildman–Crippen LogP) is 1.32. The normalized spacial score (nSPS) is 20.7. The largest absolute Gasteiger partial charge is 0.381 e. The molecule has 1 fully saturated rings. The topological polar surface area (TPSA) is 61.0 Å². The smallest absolute Gasteiger partial charge is 0.285 e. The lowest BCUT2D eigenvalue weighted by Crippen LogP contribution is -2.34. The molecule has 0 amide bonds. The lowest BCUT2D eigenvalue weighted by atomic mass is 10.2. The Morgan fingerprint density at radius 2 is 2.53 bits per heavy atom. The van der Waals surface area contributed by atoms with Crippen LogP contribution in [0.5, 0.6) is 0 Å². The molecule has 1 atom stereocenters. The average molecular weight is 257 g/mol. The maximum absolute atomic E-state index is 11.3. The predicted molar refractivity (Wildman–Crippen MR) is 68.6 cm³/mol. The van der Waals surface area contributed by atoms with Crippen molar-refractivity contribution in [2.24, 2.45) is 0 Å². The molecule has 1 saturated heterocycles. The monoisotopic (exact) mass is 256 g/mol. The van der Waals surface area contributed by atoms with Crippen molar-refractivity contribution in [2.75, 3.05) is 25.0 Å². The summed E-state index contributed by atoms with van der Waals surface area (Å²) in [4.78, 5) is 13.7. The molecule has 0 saturated carbocycles. The highest BCUT2D eigenvalue weighted by Crippen LogP contribution is 2.19. The third kappa shape index (κ3) is 2.79. The zero-order valence-corrected chi connectivity index (χ0v) is 10.6. The summed E-state index contributed by atoms with van der Waals surface area (Å²) in [6.07, 6.45) is 3.98. The van der Waals surface area contributed by atoms with Crippen molar-refractivity contribution in [3.05, 3.63) is 21.6 Å². The van der Waals surface area contributed by atoms with Gasteiger partial charge < -0.3 is 5.32 Å². The number of likely N-dealkylation sites (N-methyl/N-ethyl adjacent to an activating group) is 1. The van der Waals surface area contributed by atoms with Crippen molar-refractivity contribution in [3.63, 3.8) is 0 Å². The second kappa shape index (κ2) is 5.51. The SMILES string of the molecule is CCN1CCCC1CNc1cn[nH]c(=O)c1Cl. The molecule has 1 unspecified atom stereocenters. The lowest BCUT2D eigenvalue weighted by Gasteiger charge is -2.23. The van der Waals surface area contributed by atoms with Crippen molar-refractivity contribution in [1.82, 2.24) is 15.1 Å². The van der Waals surface area contributed by atoms with Crippen LogP contribution in [0.1, 0.15) is 19.8 Å². The van der Waals surface area contributed by atoms with Crippen LogP contribution in [0.25, 0.3) is 0 Å². The number of hydrogen-bond acceptors (Lipinski definition) is 4. The Kier molecular flexibility index (Phi) is 4.02. The van der Waals surface area contributed by atoms with Gasteiger partial charge in [-0.3, -0.25) is 9.69 Å². The molecule has 1 aliphatic heterocycles. The standard InChI is InChI=1S/C11H17ClN4O/c1-2-16-5-3-4-8(16)6-13-9-7-14-15-11(17)10(9)12/h7-8H,2-6H2,1H3,(H2,13,15,17). The van der Waals surface area contributed by atoms with E-state index >= 15 is 0 Å². The zero-order chi connectivity index (χ0) is 12.3. The molecule has 1 aromatic rings. The molecule has 1 aliphatic rings. The number of aromatic amines is 1. The van der Waals surface area contributed by atoms with Gasteiger partial charge in [0.1, 0.15) is 5.02 Å². The molecule has 94 valence electrons. The Bertz CT molecular complexity index is 434. The van der Waals surface area contributed by atoms with Gasteiger partial charge in [-0.25, -0.2) is 5.10 Å². The van der Waals surface area contributed by atoms with Crippen LogP contribution in [0.15, 0.2) is 11.0 Å². The van der Waals surface area contributed by atoms with E-state index in [9.17, 15) is 4.79 Å². The van der Waals surface area contributed by atoms with Gasteiger partial charge >= 0.3 is 0 Å². The van der Waals surface area contributed by atoms with E-state index in [0.29, 0.717) is 11.7 Å². The highest BCUT2D eigenvalue weighted by atomic mass is 35.5. The number of likely N-dealkylation sites (tertiary alicyclic amines) is 1. The fraction of sp³-hybridized carbons (Fsp3) is 0.636. The van der Waals surface area contributed by atoms with E-state index in [-0.39, 0.29) is 10.6 Å². The third-order valence-electron chi connectivity index (χ3n) is 3.23. The minimum absolute atomic E-state index is 0.182. The van der Waals surface area contributed by atoms with Crippen LogP contribution in [0.3, 0.4) is 0 Å². The van der Waals surface area contributed by atoms with Gasteiger partial charge in [0, 0.05) is 12.6 Å². The Hall–Kier alpha value is -1.07. The second-order valence-corrected chi connectivity index (χ2v) is 4.61. The second-order valence-electron chi connectivity index (χ2n) is 4.23. The summed E-state index contributed by atoms with van der Waals surface area (Å²) >= 11 is 5.89. The van der Waals surface area contributed by atoms with Gasteiger partial charge in [0.15, 0.2) is 0 Å². The van der Waals surface area contributed by atoms with Gasteiger partial charge in [0.25, 0.3) is 5.56 Å². The number of rotatable bonds is 4. The zero-order valence-electron chi connectivity index (χ0n) is 9.87. The summed E-state index contributed by atoms with van der Waals surface area (Å²) < 4.78 is 0. The molecule has 2 N–H and O–H groups in total. The van der Waals surface area contributed by atoms with Gasteiger partial charge in [-0.05, 0) is 25.9 Å². The van der Waals surface area contributed by atoms with Crippen molar-refractivity contribution < 1.29 is 0 Å². The molecule has 0 spiro atoms. The van der Waals surface area contributed by atoms with Crippen molar-refractivity contribution in [1.29, 1.82) is 0 Å². The molecule has 0 aromatic carbocycles. The summed E-state index contributed by atoms with van der Waals surface area (Å²) in [7, 11) is 0. The summed E-state index contributed by atoms with van der Waals surface area (Å²) in [5, 5.41) is 9.42. The lowest BCUT2D eigenvalue weighted by molar-refractivity contribution is 0.277. The highest BCUT2D eigenvalue weighted by Gasteiger charge is 2.22. The molecule has 2 rings (SSSR count). The van der Waals surface area contributed by atoms with Crippen LogP contribution in [0.2, 0.25) is 5.02 Å². The summed E-state index contributed by atoms with van der Waals surface area (Å²) in [5.74, 6) is 0. The maximum atomic E-state index is 11.3. The van der Waals surface area contributed by atoms with Crippen LogP contribution in [0.4, 0.5) is 5.69 Å². The highest BCUT2D eigenvalue weighted by molar-refractivity contribution is 6.32. The summed E-state index contributed by atoms with van der Waals surface area (Å²) in [6, 6.07) is 0.523. The molecule has 17 heavy (non-hydrogen) atoms. The molecule has 5 nitrogen and oxygen atoms in total. The van der Waals surface area contributed by atoms with Crippen LogP contribution in [0, 0.1) is 0 Å². The minimum Gasteiger partial charge on any atom is -0.381 e. The summed E-state index contributed by atoms with van der Waals surface area (Å²) in [5.41, 5.74) is 0.258. The van der Waals surface area contributed by atoms with E-state index in [1.54, 1.807) is 6.20 Å². The fourth-order valence-corrected chi connectivity index (χ4v) is 2.44. The van der Waals surface area contributed by atoms with Crippen molar-refractivity contribution >= 4 is 17.3 Å². The number of H-pyrrole nitrogens is 1. The number of halogens is 1. The molecule has 0 radical (unpaired) electrons. The number of aromatic nitrogens is 2. The minimum atomic E-state index is -0.351. The van der Waals surface area contributed by atoms with E-state index in [1.807, 2.05) is 0 Å². The first-order valence-electron chi connectivity index (χ1n) is 5.93.